The Morgan fingerprint density at radius 2 is 2.31 bits per heavy atom. The Morgan fingerprint density at radius 3 is 3.00 bits per heavy atom. The zero-order chi connectivity index (χ0) is 9.42. The molecule has 68 valence electrons. The fourth-order valence-corrected chi connectivity index (χ4v) is 1.41. The molecule has 0 aromatic carbocycles. The zero-order valence-electron chi connectivity index (χ0n) is 7.23. The van der Waals surface area contributed by atoms with Crippen LogP contribution in [0.25, 0.3) is 5.65 Å². The van der Waals surface area contributed by atoms with Gasteiger partial charge in [0, 0.05) is 6.20 Å². The molecule has 4 nitrogen and oxygen atoms in total. The minimum atomic E-state index is -0.0730. The summed E-state index contributed by atoms with van der Waals surface area (Å²) in [5.74, 6) is 0.130. The van der Waals surface area contributed by atoms with Gasteiger partial charge in [-0.15, -0.1) is 0 Å². The molecule has 2 rings (SSSR count). The Kier molecular flexibility index (Phi) is 1.70. The average molecular weight is 178 g/mol. The molecule has 0 aliphatic rings. The number of fused-ring (bicyclic) bond motifs is 1. The molecule has 0 unspecified atom stereocenters. The van der Waals surface area contributed by atoms with Crippen LogP contribution in [-0.2, 0) is 6.61 Å². The van der Waals surface area contributed by atoms with Crippen LogP contribution in [0, 0.1) is 6.92 Å². The van der Waals surface area contributed by atoms with E-state index in [1.165, 1.54) is 0 Å². The molecular weight excluding hydrogens is 168 g/mol. The molecule has 0 atom stereocenters. The van der Waals surface area contributed by atoms with Crippen molar-refractivity contribution < 1.29 is 10.2 Å². The summed E-state index contributed by atoms with van der Waals surface area (Å²) < 4.78 is 1.69. The molecule has 0 aliphatic carbocycles. The lowest BCUT2D eigenvalue weighted by Crippen LogP contribution is -1.92. The first-order valence-corrected chi connectivity index (χ1v) is 4.00. The van der Waals surface area contributed by atoms with Gasteiger partial charge in [0.2, 0.25) is 0 Å². The van der Waals surface area contributed by atoms with Gasteiger partial charge >= 0.3 is 0 Å². The van der Waals surface area contributed by atoms with E-state index < -0.39 is 0 Å². The maximum Gasteiger partial charge on any atom is 0.179 e. The minimum Gasteiger partial charge on any atom is -0.504 e. The molecule has 0 aliphatic heterocycles. The molecule has 0 radical (unpaired) electrons. The van der Waals surface area contributed by atoms with Gasteiger partial charge in [-0.1, -0.05) is 0 Å². The minimum absolute atomic E-state index is 0.0730. The van der Waals surface area contributed by atoms with E-state index in [1.54, 1.807) is 29.7 Å². The van der Waals surface area contributed by atoms with E-state index in [0.29, 0.717) is 11.3 Å². The summed E-state index contributed by atoms with van der Waals surface area (Å²) in [4.78, 5) is 4.14. The van der Waals surface area contributed by atoms with Crippen molar-refractivity contribution >= 4 is 5.65 Å². The van der Waals surface area contributed by atoms with Crippen molar-refractivity contribution in [2.45, 2.75) is 13.5 Å². The smallest absolute Gasteiger partial charge is 0.179 e. The molecule has 2 aromatic rings. The molecule has 2 N–H and O–H groups in total. The van der Waals surface area contributed by atoms with E-state index in [9.17, 15) is 5.11 Å². The summed E-state index contributed by atoms with van der Waals surface area (Å²) in [6.07, 6.45) is 1.76. The number of hydrogen-bond acceptors (Lipinski definition) is 3. The first-order valence-electron chi connectivity index (χ1n) is 4.00. The van der Waals surface area contributed by atoms with Crippen LogP contribution in [0.1, 0.15) is 11.4 Å². The van der Waals surface area contributed by atoms with Crippen molar-refractivity contribution in [3.05, 3.63) is 29.7 Å². The lowest BCUT2D eigenvalue weighted by atomic mass is 10.3. The van der Waals surface area contributed by atoms with Crippen molar-refractivity contribution in [3.8, 4) is 5.75 Å². The van der Waals surface area contributed by atoms with Crippen LogP contribution >= 0.6 is 0 Å². The number of nitrogens with zero attached hydrogens (tertiary/aromatic N) is 2. The van der Waals surface area contributed by atoms with Gasteiger partial charge in [0.1, 0.15) is 0 Å². The highest BCUT2D eigenvalue weighted by Gasteiger charge is 2.09. The number of rotatable bonds is 1. The predicted octanol–water partition coefficient (Wildman–Crippen LogP) is 0.841. The molecule has 0 bridgehead atoms. The molecule has 4 heteroatoms. The Labute approximate surface area is 75.1 Å². The van der Waals surface area contributed by atoms with Crippen LogP contribution in [0.4, 0.5) is 0 Å². The molecule has 2 heterocycles. The first-order chi connectivity index (χ1) is 6.24. The zero-order valence-corrected chi connectivity index (χ0v) is 7.23. The fraction of sp³-hybridized carbons (Fsp3) is 0.222. The lowest BCUT2D eigenvalue weighted by molar-refractivity contribution is 0.275. The summed E-state index contributed by atoms with van der Waals surface area (Å²) in [6, 6.07) is 3.28. The third-order valence-corrected chi connectivity index (χ3v) is 2.08. The van der Waals surface area contributed by atoms with Gasteiger partial charge in [-0.3, -0.25) is 4.40 Å². The molecule has 0 spiro atoms. The van der Waals surface area contributed by atoms with Crippen LogP contribution in [0.15, 0.2) is 18.3 Å². The highest BCUT2D eigenvalue weighted by Crippen LogP contribution is 2.19. The number of aryl methyl sites for hydroxylation is 1. The number of hydrogen-bond donors (Lipinski definition) is 2. The molecule has 13 heavy (non-hydrogen) atoms. The van der Waals surface area contributed by atoms with E-state index in [2.05, 4.69) is 4.98 Å². The molecule has 0 saturated heterocycles. The van der Waals surface area contributed by atoms with Gasteiger partial charge in [-0.2, -0.15) is 0 Å². The number of aromatic nitrogens is 2. The lowest BCUT2D eigenvalue weighted by Gasteiger charge is -1.98. The second-order valence-electron chi connectivity index (χ2n) is 2.89. The van der Waals surface area contributed by atoms with Crippen molar-refractivity contribution in [2.24, 2.45) is 0 Å². The number of aliphatic hydroxyl groups is 1. The Hall–Kier alpha value is -1.55. The molecule has 2 aromatic heterocycles. The van der Waals surface area contributed by atoms with Crippen LogP contribution in [0.2, 0.25) is 0 Å². The summed E-state index contributed by atoms with van der Waals surface area (Å²) >= 11 is 0. The second-order valence-corrected chi connectivity index (χ2v) is 2.89. The summed E-state index contributed by atoms with van der Waals surface area (Å²) in [7, 11) is 0. The number of imidazole rings is 1. The van der Waals surface area contributed by atoms with E-state index in [1.807, 2.05) is 0 Å². The number of pyridine rings is 1. The predicted molar refractivity (Wildman–Crippen MR) is 47.5 cm³/mol. The summed E-state index contributed by atoms with van der Waals surface area (Å²) in [5, 5.41) is 18.5. The van der Waals surface area contributed by atoms with Gasteiger partial charge in [0.25, 0.3) is 0 Å². The highest BCUT2D eigenvalue weighted by molar-refractivity contribution is 5.54. The van der Waals surface area contributed by atoms with E-state index >= 15 is 0 Å². The van der Waals surface area contributed by atoms with Crippen molar-refractivity contribution in [1.29, 1.82) is 0 Å². The van der Waals surface area contributed by atoms with Crippen molar-refractivity contribution in [1.82, 2.24) is 9.38 Å². The summed E-state index contributed by atoms with van der Waals surface area (Å²) in [6.45, 7) is 1.73. The van der Waals surface area contributed by atoms with Gasteiger partial charge in [-0.25, -0.2) is 4.98 Å². The van der Waals surface area contributed by atoms with Crippen LogP contribution in [0.5, 0.6) is 5.75 Å². The molecule has 0 saturated carbocycles. The van der Waals surface area contributed by atoms with Gasteiger partial charge in [0.05, 0.1) is 18.0 Å². The van der Waals surface area contributed by atoms with Gasteiger partial charge < -0.3 is 10.2 Å². The molecule has 0 fully saturated rings. The third kappa shape index (κ3) is 1.07. The molecule has 0 amide bonds. The average Bonchev–Trinajstić information content (AvgIpc) is 2.43. The topological polar surface area (TPSA) is 57.8 Å². The van der Waals surface area contributed by atoms with Crippen molar-refractivity contribution in [2.75, 3.05) is 0 Å². The Balaban J connectivity index is 2.86. The maximum atomic E-state index is 9.44. The second kappa shape index (κ2) is 2.74. The highest BCUT2D eigenvalue weighted by atomic mass is 16.3. The largest absolute Gasteiger partial charge is 0.504 e. The Bertz CT molecular complexity index is 448. The van der Waals surface area contributed by atoms with E-state index in [4.69, 9.17) is 5.11 Å². The monoisotopic (exact) mass is 178 g/mol. The number of aromatic hydroxyl groups is 1. The quantitative estimate of drug-likeness (QED) is 0.680. The van der Waals surface area contributed by atoms with Crippen molar-refractivity contribution in [3.63, 3.8) is 0 Å². The standard InChI is InChI=1S/C9H10N2O2/c1-6-7(5-12)11-4-2-3-8(13)9(11)10-6/h2-4,12-13H,5H2,1H3. The van der Waals surface area contributed by atoms with Gasteiger partial charge in [0.15, 0.2) is 11.4 Å². The van der Waals surface area contributed by atoms with Crippen LogP contribution in [-0.4, -0.2) is 19.6 Å². The van der Waals surface area contributed by atoms with Crippen LogP contribution < -0.4 is 0 Å². The summed E-state index contributed by atoms with van der Waals surface area (Å²) in [5.41, 5.74) is 1.94. The van der Waals surface area contributed by atoms with E-state index in [-0.39, 0.29) is 12.4 Å². The third-order valence-electron chi connectivity index (χ3n) is 2.08. The fourth-order valence-electron chi connectivity index (χ4n) is 1.41. The van der Waals surface area contributed by atoms with Gasteiger partial charge in [-0.05, 0) is 19.1 Å². The maximum absolute atomic E-state index is 9.44. The number of aliphatic hydroxyl groups excluding tert-OH is 1. The first kappa shape index (κ1) is 8.07. The van der Waals surface area contributed by atoms with Crippen LogP contribution in [0.3, 0.4) is 0 Å². The van der Waals surface area contributed by atoms with E-state index in [0.717, 1.165) is 5.69 Å². The Morgan fingerprint density at radius 1 is 1.54 bits per heavy atom. The molecular formula is C9H10N2O2. The normalized spacial score (nSPS) is 10.9. The SMILES string of the molecule is Cc1nc2c(O)cccn2c1CO.